The van der Waals surface area contributed by atoms with Crippen LogP contribution in [-0.2, 0) is 10.2 Å². The van der Waals surface area contributed by atoms with Crippen molar-refractivity contribution in [3.63, 3.8) is 0 Å². The van der Waals surface area contributed by atoms with Crippen LogP contribution in [0.2, 0.25) is 0 Å². The molecule has 2 aromatic rings. The van der Waals surface area contributed by atoms with Crippen molar-refractivity contribution in [3.8, 4) is 6.07 Å². The second-order valence-electron chi connectivity index (χ2n) is 6.61. The highest BCUT2D eigenvalue weighted by Gasteiger charge is 2.37. The quantitative estimate of drug-likeness (QED) is 0.925. The van der Waals surface area contributed by atoms with E-state index in [-0.39, 0.29) is 11.8 Å². The van der Waals surface area contributed by atoms with Gasteiger partial charge >= 0.3 is 0 Å². The van der Waals surface area contributed by atoms with E-state index in [0.29, 0.717) is 37.2 Å². The van der Waals surface area contributed by atoms with Gasteiger partial charge in [0.05, 0.1) is 11.5 Å². The van der Waals surface area contributed by atoms with Crippen LogP contribution < -0.4 is 5.32 Å². The molecule has 1 fully saturated rings. The van der Waals surface area contributed by atoms with Crippen molar-refractivity contribution >= 4 is 17.5 Å². The maximum atomic E-state index is 12.8. The van der Waals surface area contributed by atoms with Gasteiger partial charge in [0.1, 0.15) is 0 Å². The molecule has 5 heteroatoms. The van der Waals surface area contributed by atoms with Gasteiger partial charge in [-0.3, -0.25) is 9.59 Å². The summed E-state index contributed by atoms with van der Waals surface area (Å²) in [6.07, 6.45) is 1.23. The third kappa shape index (κ3) is 3.60. The summed E-state index contributed by atoms with van der Waals surface area (Å²) in [6, 6.07) is 19.2. The van der Waals surface area contributed by atoms with Crippen molar-refractivity contribution in [2.24, 2.45) is 0 Å². The summed E-state index contributed by atoms with van der Waals surface area (Å²) in [7, 11) is 0. The minimum Gasteiger partial charge on any atom is -0.339 e. The van der Waals surface area contributed by atoms with Crippen LogP contribution in [0, 0.1) is 11.3 Å². The molecule has 0 aliphatic carbocycles. The maximum absolute atomic E-state index is 12.8. The lowest BCUT2D eigenvalue weighted by Crippen LogP contribution is -2.44. The molecule has 2 amide bonds. The number of hydrogen-bond donors (Lipinski definition) is 1. The van der Waals surface area contributed by atoms with Crippen LogP contribution in [0.4, 0.5) is 5.69 Å². The molecule has 1 N–H and O–H groups in total. The first-order chi connectivity index (χ1) is 12.5. The Kier molecular flexibility index (Phi) is 5.04. The smallest absolute Gasteiger partial charge is 0.253 e. The Morgan fingerprint density at radius 3 is 2.38 bits per heavy atom. The number of nitriles is 1. The number of rotatable bonds is 3. The van der Waals surface area contributed by atoms with Crippen LogP contribution in [0.5, 0.6) is 0 Å². The first-order valence-corrected chi connectivity index (χ1v) is 8.68. The van der Waals surface area contributed by atoms with Crippen molar-refractivity contribution in [1.82, 2.24) is 4.90 Å². The van der Waals surface area contributed by atoms with E-state index >= 15 is 0 Å². The van der Waals surface area contributed by atoms with Crippen LogP contribution in [0.15, 0.2) is 54.6 Å². The van der Waals surface area contributed by atoms with E-state index in [1.807, 2.05) is 30.3 Å². The van der Waals surface area contributed by atoms with Crippen molar-refractivity contribution in [2.75, 3.05) is 18.4 Å². The van der Waals surface area contributed by atoms with Gasteiger partial charge in [-0.1, -0.05) is 36.4 Å². The second-order valence-corrected chi connectivity index (χ2v) is 6.61. The van der Waals surface area contributed by atoms with Crippen molar-refractivity contribution < 1.29 is 9.59 Å². The summed E-state index contributed by atoms with van der Waals surface area (Å²) in [4.78, 5) is 25.8. The normalized spacial score (nSPS) is 15.8. The molecule has 132 valence electrons. The Morgan fingerprint density at radius 1 is 1.08 bits per heavy atom. The SMILES string of the molecule is CC(=O)Nc1cccc(C(=O)N2CCC(C#N)(c3ccccc3)CC2)c1. The average Bonchev–Trinajstić information content (AvgIpc) is 2.68. The third-order valence-corrected chi connectivity index (χ3v) is 4.87. The van der Waals surface area contributed by atoms with Crippen LogP contribution in [0.3, 0.4) is 0 Å². The molecule has 5 nitrogen and oxygen atoms in total. The summed E-state index contributed by atoms with van der Waals surface area (Å²) in [6.45, 7) is 2.50. The van der Waals surface area contributed by atoms with Crippen molar-refractivity contribution in [3.05, 3.63) is 65.7 Å². The molecule has 1 heterocycles. The van der Waals surface area contributed by atoms with Gasteiger partial charge in [0.15, 0.2) is 0 Å². The fourth-order valence-corrected chi connectivity index (χ4v) is 3.43. The van der Waals surface area contributed by atoms with Crippen LogP contribution >= 0.6 is 0 Å². The fourth-order valence-electron chi connectivity index (χ4n) is 3.43. The highest BCUT2D eigenvalue weighted by Crippen LogP contribution is 2.35. The molecule has 26 heavy (non-hydrogen) atoms. The summed E-state index contributed by atoms with van der Waals surface area (Å²) in [5.41, 5.74) is 1.63. The van der Waals surface area contributed by atoms with Crippen LogP contribution in [-0.4, -0.2) is 29.8 Å². The number of benzene rings is 2. The number of carbonyl (C=O) groups excluding carboxylic acids is 2. The lowest BCUT2D eigenvalue weighted by atomic mass is 9.74. The zero-order valence-electron chi connectivity index (χ0n) is 14.7. The number of carbonyl (C=O) groups is 2. The molecule has 0 radical (unpaired) electrons. The molecule has 0 unspecified atom stereocenters. The van der Waals surface area contributed by atoms with Gasteiger partial charge in [-0.25, -0.2) is 0 Å². The molecule has 2 aromatic carbocycles. The Bertz CT molecular complexity index is 847. The van der Waals surface area contributed by atoms with Crippen molar-refractivity contribution in [2.45, 2.75) is 25.2 Å². The Morgan fingerprint density at radius 2 is 1.77 bits per heavy atom. The fraction of sp³-hybridized carbons (Fsp3) is 0.286. The molecular formula is C21H21N3O2. The summed E-state index contributed by atoms with van der Waals surface area (Å²) in [5.74, 6) is -0.244. The number of piperidine rings is 1. The van der Waals surface area contributed by atoms with Gasteiger partial charge in [-0.15, -0.1) is 0 Å². The topological polar surface area (TPSA) is 73.2 Å². The molecule has 3 rings (SSSR count). The van der Waals surface area contributed by atoms with E-state index in [1.165, 1.54) is 6.92 Å². The van der Waals surface area contributed by atoms with E-state index in [2.05, 4.69) is 11.4 Å². The summed E-state index contributed by atoms with van der Waals surface area (Å²) < 4.78 is 0. The zero-order valence-corrected chi connectivity index (χ0v) is 14.7. The minimum absolute atomic E-state index is 0.0724. The Balaban J connectivity index is 1.73. The van der Waals surface area contributed by atoms with Gasteiger partial charge in [-0.2, -0.15) is 5.26 Å². The zero-order chi connectivity index (χ0) is 18.6. The highest BCUT2D eigenvalue weighted by atomic mass is 16.2. The standard InChI is InChI=1S/C21H21N3O2/c1-16(25)23-19-9-5-6-17(14-19)20(26)24-12-10-21(15-22,11-13-24)18-7-3-2-4-8-18/h2-9,14H,10-13H2,1H3,(H,23,25). The van der Waals surface area contributed by atoms with E-state index in [1.54, 1.807) is 29.2 Å². The van der Waals surface area contributed by atoms with E-state index in [0.717, 1.165) is 5.56 Å². The molecule has 0 bridgehead atoms. The monoisotopic (exact) mass is 347 g/mol. The number of nitrogens with one attached hydrogen (secondary N) is 1. The number of amides is 2. The molecule has 0 spiro atoms. The largest absolute Gasteiger partial charge is 0.339 e. The first kappa shape index (κ1) is 17.7. The lowest BCUT2D eigenvalue weighted by molar-refractivity contribution is -0.114. The molecule has 0 atom stereocenters. The van der Waals surface area contributed by atoms with E-state index < -0.39 is 5.41 Å². The number of anilines is 1. The summed E-state index contributed by atoms with van der Waals surface area (Å²) >= 11 is 0. The average molecular weight is 347 g/mol. The van der Waals surface area contributed by atoms with E-state index in [4.69, 9.17) is 0 Å². The van der Waals surface area contributed by atoms with E-state index in [9.17, 15) is 14.9 Å². The van der Waals surface area contributed by atoms with Crippen LogP contribution in [0.1, 0.15) is 35.7 Å². The number of hydrogen-bond acceptors (Lipinski definition) is 3. The molecule has 1 aliphatic heterocycles. The number of nitrogens with zero attached hydrogens (tertiary/aromatic N) is 2. The predicted molar refractivity (Wildman–Crippen MR) is 99.6 cm³/mol. The van der Waals surface area contributed by atoms with Crippen molar-refractivity contribution in [1.29, 1.82) is 5.26 Å². The molecule has 1 aliphatic rings. The Labute approximate surface area is 153 Å². The Hall–Kier alpha value is -3.13. The van der Waals surface area contributed by atoms with Gasteiger partial charge in [0, 0.05) is 31.3 Å². The first-order valence-electron chi connectivity index (χ1n) is 8.68. The molecule has 1 saturated heterocycles. The number of likely N-dealkylation sites (tertiary alicyclic amines) is 1. The molecule has 0 saturated carbocycles. The molecule has 0 aromatic heterocycles. The molecular weight excluding hydrogens is 326 g/mol. The van der Waals surface area contributed by atoms with Gasteiger partial charge in [0.2, 0.25) is 5.91 Å². The van der Waals surface area contributed by atoms with Gasteiger partial charge in [0.25, 0.3) is 5.91 Å². The summed E-state index contributed by atoms with van der Waals surface area (Å²) in [5, 5.41) is 12.5. The minimum atomic E-state index is -0.532. The van der Waals surface area contributed by atoms with Gasteiger partial charge < -0.3 is 10.2 Å². The van der Waals surface area contributed by atoms with Crippen LogP contribution in [0.25, 0.3) is 0 Å². The second kappa shape index (κ2) is 7.40. The lowest BCUT2D eigenvalue weighted by Gasteiger charge is -2.37. The third-order valence-electron chi connectivity index (χ3n) is 4.87. The highest BCUT2D eigenvalue weighted by molar-refractivity contribution is 5.96. The predicted octanol–water partition coefficient (Wildman–Crippen LogP) is 3.34. The van der Waals surface area contributed by atoms with Gasteiger partial charge in [-0.05, 0) is 36.6 Å². The maximum Gasteiger partial charge on any atom is 0.253 e.